The molecule has 0 saturated carbocycles. The molecule has 5 N–H and O–H groups in total. The Balaban J connectivity index is 3.90. The molecule has 2 atom stereocenters. The summed E-state index contributed by atoms with van der Waals surface area (Å²) >= 11 is 0. The van der Waals surface area contributed by atoms with Gasteiger partial charge in [0.1, 0.15) is 17.7 Å². The van der Waals surface area contributed by atoms with E-state index in [0.29, 0.717) is 19.3 Å². The predicted octanol–water partition coefficient (Wildman–Crippen LogP) is 0.238. The summed E-state index contributed by atoms with van der Waals surface area (Å²) in [5, 5.41) is 8.56. The van der Waals surface area contributed by atoms with Gasteiger partial charge >= 0.3 is 11.9 Å². The summed E-state index contributed by atoms with van der Waals surface area (Å²) in [6.07, 6.45) is 1.15. The van der Waals surface area contributed by atoms with Gasteiger partial charge in [0, 0.05) is 0 Å². The van der Waals surface area contributed by atoms with Crippen molar-refractivity contribution in [3.05, 3.63) is 0 Å². The molecule has 0 aliphatic carbocycles. The minimum atomic E-state index is -1.05. The maximum absolute atomic E-state index is 11.5. The first-order chi connectivity index (χ1) is 7.63. The molecule has 0 aromatic carbocycles. The molecule has 0 amide bonds. The van der Waals surface area contributed by atoms with Crippen LogP contribution in [0.25, 0.3) is 0 Å². The van der Waals surface area contributed by atoms with Crippen molar-refractivity contribution < 1.29 is 19.4 Å². The smallest absolute Gasteiger partial charge is 0.323 e. The molecule has 0 rings (SSSR count). The van der Waals surface area contributed by atoms with Crippen LogP contribution < -0.4 is 11.5 Å². The minimum Gasteiger partial charge on any atom is -0.480 e. The fourth-order valence-corrected chi connectivity index (χ4v) is 1.18. The number of ether oxygens (including phenoxy) is 1. The zero-order chi connectivity index (χ0) is 13.6. The van der Waals surface area contributed by atoms with E-state index >= 15 is 0 Å². The number of carboxylic acid groups (broad SMARTS) is 1. The summed E-state index contributed by atoms with van der Waals surface area (Å²) < 4.78 is 5.09. The minimum absolute atomic E-state index is 0.297. The number of carbonyl (C=O) groups is 2. The predicted molar refractivity (Wildman–Crippen MR) is 63.3 cm³/mol. The molecule has 0 bridgehead atoms. The lowest BCUT2D eigenvalue weighted by atomic mass is 10.1. The highest BCUT2D eigenvalue weighted by Crippen LogP contribution is 2.10. The summed E-state index contributed by atoms with van der Waals surface area (Å²) in [4.78, 5) is 21.9. The number of aliphatic carboxylic acids is 1. The summed E-state index contributed by atoms with van der Waals surface area (Å²) in [6, 6.07) is -1.63. The number of carboxylic acids is 1. The molecule has 2 unspecified atom stereocenters. The number of carbonyl (C=O) groups excluding carboxylic acids is 1. The van der Waals surface area contributed by atoms with Crippen LogP contribution in [-0.4, -0.2) is 34.7 Å². The van der Waals surface area contributed by atoms with E-state index in [0.717, 1.165) is 0 Å². The lowest BCUT2D eigenvalue weighted by molar-refractivity contribution is -0.156. The highest BCUT2D eigenvalue weighted by Gasteiger charge is 2.22. The topological polar surface area (TPSA) is 116 Å². The van der Waals surface area contributed by atoms with E-state index in [1.54, 1.807) is 20.8 Å². The first-order valence-electron chi connectivity index (χ1n) is 5.60. The van der Waals surface area contributed by atoms with Crippen molar-refractivity contribution in [2.75, 3.05) is 0 Å². The second-order valence-electron chi connectivity index (χ2n) is 5.02. The maximum Gasteiger partial charge on any atom is 0.323 e. The van der Waals surface area contributed by atoms with E-state index in [4.69, 9.17) is 21.3 Å². The Morgan fingerprint density at radius 1 is 1.18 bits per heavy atom. The maximum atomic E-state index is 11.5. The van der Waals surface area contributed by atoms with Crippen LogP contribution in [0.4, 0.5) is 0 Å². The van der Waals surface area contributed by atoms with Crippen LogP contribution in [-0.2, 0) is 14.3 Å². The van der Waals surface area contributed by atoms with Crippen LogP contribution >= 0.6 is 0 Å². The zero-order valence-corrected chi connectivity index (χ0v) is 10.6. The van der Waals surface area contributed by atoms with Gasteiger partial charge < -0.3 is 21.3 Å². The third-order valence-corrected chi connectivity index (χ3v) is 2.06. The molecule has 0 saturated heterocycles. The molecule has 6 nitrogen and oxygen atoms in total. The molecule has 0 heterocycles. The molecule has 100 valence electrons. The van der Waals surface area contributed by atoms with Crippen molar-refractivity contribution in [2.45, 2.75) is 57.7 Å². The van der Waals surface area contributed by atoms with Gasteiger partial charge in [-0.25, -0.2) is 0 Å². The number of hydrogen-bond acceptors (Lipinski definition) is 5. The van der Waals surface area contributed by atoms with Gasteiger partial charge in [-0.15, -0.1) is 0 Å². The molecule has 0 aliphatic rings. The standard InChI is InChI=1S/C11H22N2O4/c1-11(2,3)17-10(16)8(13)6-4-5-7(12)9(14)15/h7-8H,4-6,12-13H2,1-3H3,(H,14,15). The van der Waals surface area contributed by atoms with Crippen molar-refractivity contribution in [1.82, 2.24) is 0 Å². The van der Waals surface area contributed by atoms with Crippen LogP contribution in [0.3, 0.4) is 0 Å². The average molecular weight is 246 g/mol. The Morgan fingerprint density at radius 3 is 2.06 bits per heavy atom. The Kier molecular flexibility index (Phi) is 6.12. The molecule has 0 spiro atoms. The quantitative estimate of drug-likeness (QED) is 0.578. The summed E-state index contributed by atoms with van der Waals surface area (Å²) in [5.41, 5.74) is 10.4. The first-order valence-corrected chi connectivity index (χ1v) is 5.60. The SMILES string of the molecule is CC(C)(C)OC(=O)C(N)CCCC(N)C(=O)O. The zero-order valence-electron chi connectivity index (χ0n) is 10.6. The molecular formula is C11H22N2O4. The van der Waals surface area contributed by atoms with E-state index in [1.807, 2.05) is 0 Å². The monoisotopic (exact) mass is 246 g/mol. The van der Waals surface area contributed by atoms with Gasteiger partial charge in [0.25, 0.3) is 0 Å². The van der Waals surface area contributed by atoms with E-state index < -0.39 is 29.6 Å². The number of rotatable bonds is 6. The molecule has 6 heteroatoms. The molecule has 0 aliphatic heterocycles. The van der Waals surface area contributed by atoms with E-state index in [-0.39, 0.29) is 0 Å². The third-order valence-electron chi connectivity index (χ3n) is 2.06. The summed E-state index contributed by atoms with van der Waals surface area (Å²) in [6.45, 7) is 5.29. The third kappa shape index (κ3) is 7.70. The van der Waals surface area contributed by atoms with Crippen molar-refractivity contribution in [1.29, 1.82) is 0 Å². The highest BCUT2D eigenvalue weighted by atomic mass is 16.6. The van der Waals surface area contributed by atoms with Crippen LogP contribution in [0.2, 0.25) is 0 Å². The molecular weight excluding hydrogens is 224 g/mol. The van der Waals surface area contributed by atoms with Gasteiger partial charge in [-0.1, -0.05) is 0 Å². The van der Waals surface area contributed by atoms with Crippen LogP contribution in [0.1, 0.15) is 40.0 Å². The lowest BCUT2D eigenvalue weighted by Crippen LogP contribution is -2.38. The highest BCUT2D eigenvalue weighted by molar-refractivity contribution is 5.76. The van der Waals surface area contributed by atoms with Crippen LogP contribution in [0, 0.1) is 0 Å². The number of hydrogen-bond donors (Lipinski definition) is 3. The second kappa shape index (κ2) is 6.56. The van der Waals surface area contributed by atoms with Crippen molar-refractivity contribution >= 4 is 11.9 Å². The fraction of sp³-hybridized carbons (Fsp3) is 0.818. The Morgan fingerprint density at radius 2 is 1.65 bits per heavy atom. The van der Waals surface area contributed by atoms with Gasteiger partial charge in [-0.05, 0) is 40.0 Å². The first kappa shape index (κ1) is 15.9. The Bertz CT molecular complexity index is 273. The van der Waals surface area contributed by atoms with Crippen molar-refractivity contribution in [3.8, 4) is 0 Å². The van der Waals surface area contributed by atoms with Gasteiger partial charge in [0.15, 0.2) is 0 Å². The van der Waals surface area contributed by atoms with Crippen LogP contribution in [0.15, 0.2) is 0 Å². The summed E-state index contributed by atoms with van der Waals surface area (Å²) in [7, 11) is 0. The van der Waals surface area contributed by atoms with Gasteiger partial charge in [0.05, 0.1) is 0 Å². The Hall–Kier alpha value is -1.14. The lowest BCUT2D eigenvalue weighted by Gasteiger charge is -2.22. The number of nitrogens with two attached hydrogens (primary N) is 2. The van der Waals surface area contributed by atoms with E-state index in [9.17, 15) is 9.59 Å². The largest absolute Gasteiger partial charge is 0.480 e. The second-order valence-corrected chi connectivity index (χ2v) is 5.02. The normalized spacial score (nSPS) is 15.1. The van der Waals surface area contributed by atoms with E-state index in [2.05, 4.69) is 0 Å². The van der Waals surface area contributed by atoms with Gasteiger partial charge in [-0.2, -0.15) is 0 Å². The van der Waals surface area contributed by atoms with Crippen molar-refractivity contribution in [2.24, 2.45) is 11.5 Å². The summed E-state index contributed by atoms with van der Waals surface area (Å²) in [5.74, 6) is -1.52. The van der Waals surface area contributed by atoms with Crippen molar-refractivity contribution in [3.63, 3.8) is 0 Å². The molecule has 0 aromatic heterocycles. The average Bonchev–Trinajstić information content (AvgIpc) is 2.14. The molecule has 0 radical (unpaired) electrons. The molecule has 0 aromatic rings. The van der Waals surface area contributed by atoms with Gasteiger partial charge in [0.2, 0.25) is 0 Å². The fourth-order valence-electron chi connectivity index (χ4n) is 1.18. The Labute approximate surface area is 101 Å². The number of esters is 1. The molecule has 0 fully saturated rings. The van der Waals surface area contributed by atoms with Crippen LogP contribution in [0.5, 0.6) is 0 Å². The van der Waals surface area contributed by atoms with E-state index in [1.165, 1.54) is 0 Å². The molecule has 17 heavy (non-hydrogen) atoms. The van der Waals surface area contributed by atoms with Gasteiger partial charge in [-0.3, -0.25) is 9.59 Å².